The average Bonchev–Trinajstić information content (AvgIpc) is 3.38. The largest absolute Gasteiger partial charge is 0.445 e. The molecule has 1 saturated heterocycles. The molecule has 2 radical (unpaired) electrons. The van der Waals surface area contributed by atoms with Crippen molar-refractivity contribution < 1.29 is 28.7 Å². The minimum Gasteiger partial charge on any atom is -0.445 e. The van der Waals surface area contributed by atoms with Crippen LogP contribution in [0.25, 0.3) is 0 Å². The van der Waals surface area contributed by atoms with Gasteiger partial charge in [0.15, 0.2) is 7.98 Å². The Morgan fingerprint density at radius 2 is 1.82 bits per heavy atom. The van der Waals surface area contributed by atoms with Crippen LogP contribution in [0.4, 0.5) is 10.5 Å². The summed E-state index contributed by atoms with van der Waals surface area (Å²) in [7, 11) is 10.9. The molecule has 1 aliphatic rings. The third-order valence-corrected chi connectivity index (χ3v) is 5.96. The van der Waals surface area contributed by atoms with Crippen LogP contribution in [-0.4, -0.2) is 112 Å². The number of ether oxygens (including phenoxy) is 1. The van der Waals surface area contributed by atoms with Crippen LogP contribution >= 0.6 is 0 Å². The van der Waals surface area contributed by atoms with Crippen molar-refractivity contribution in [1.82, 2.24) is 25.2 Å². The Morgan fingerprint density at radius 3 is 2.42 bits per heavy atom. The molecule has 0 bridgehead atoms. The van der Waals surface area contributed by atoms with E-state index in [2.05, 4.69) is 15.9 Å². The van der Waals surface area contributed by atoms with Crippen LogP contribution in [0.15, 0.2) is 24.3 Å². The van der Waals surface area contributed by atoms with Crippen molar-refractivity contribution in [3.05, 3.63) is 29.8 Å². The molecule has 0 saturated carbocycles. The van der Waals surface area contributed by atoms with Gasteiger partial charge in [0.2, 0.25) is 23.6 Å². The van der Waals surface area contributed by atoms with E-state index < -0.39 is 41.8 Å². The van der Waals surface area contributed by atoms with Crippen LogP contribution in [0.5, 0.6) is 0 Å². The molecule has 2 rings (SSSR count). The van der Waals surface area contributed by atoms with Gasteiger partial charge in [-0.05, 0) is 44.6 Å². The van der Waals surface area contributed by atoms with Crippen molar-refractivity contribution in [3.63, 3.8) is 0 Å². The van der Waals surface area contributed by atoms with Crippen molar-refractivity contribution in [2.24, 2.45) is 5.73 Å². The lowest BCUT2D eigenvalue weighted by molar-refractivity contribution is -0.140. The highest BCUT2D eigenvalue weighted by atomic mass is 16.6. The molecular formula is C24H36BN7O6. The smallest absolute Gasteiger partial charge is 0.409 e. The van der Waals surface area contributed by atoms with Gasteiger partial charge >= 0.3 is 6.09 Å². The minimum atomic E-state index is -1.03. The summed E-state index contributed by atoms with van der Waals surface area (Å²) in [6.07, 6.45) is 0.297. The van der Waals surface area contributed by atoms with Crippen LogP contribution in [0.1, 0.15) is 24.8 Å². The number of likely N-dealkylation sites (tertiary alicyclic amines) is 1. The monoisotopic (exact) mass is 529 g/mol. The van der Waals surface area contributed by atoms with E-state index in [-0.39, 0.29) is 19.6 Å². The molecule has 206 valence electrons. The zero-order valence-electron chi connectivity index (χ0n) is 22.1. The van der Waals surface area contributed by atoms with Gasteiger partial charge in [0.25, 0.3) is 0 Å². The molecule has 1 heterocycles. The number of rotatable bonds is 13. The van der Waals surface area contributed by atoms with Crippen molar-refractivity contribution in [3.8, 4) is 0 Å². The Balaban J connectivity index is 1.79. The molecule has 38 heavy (non-hydrogen) atoms. The molecule has 14 heteroatoms. The summed E-state index contributed by atoms with van der Waals surface area (Å²) in [4.78, 5) is 65.7. The van der Waals surface area contributed by atoms with Crippen LogP contribution in [0.2, 0.25) is 0 Å². The summed E-state index contributed by atoms with van der Waals surface area (Å²) in [5.74, 6) is -2.13. The Labute approximate surface area is 223 Å². The van der Waals surface area contributed by atoms with E-state index in [9.17, 15) is 24.0 Å². The Hall–Kier alpha value is -3.65. The number of primary amides is 1. The molecule has 1 fully saturated rings. The summed E-state index contributed by atoms with van der Waals surface area (Å²) in [5.41, 5.74) is 6.41. The highest BCUT2D eigenvalue weighted by molar-refractivity contribution is 6.07. The van der Waals surface area contributed by atoms with E-state index >= 15 is 0 Å². The average molecular weight is 529 g/mol. The molecule has 2 unspecified atom stereocenters. The first-order valence-corrected chi connectivity index (χ1v) is 12.3. The van der Waals surface area contributed by atoms with Crippen LogP contribution in [-0.2, 0) is 30.5 Å². The second-order valence-electron chi connectivity index (χ2n) is 9.32. The molecule has 0 spiro atoms. The Bertz CT molecular complexity index is 991. The lowest BCUT2D eigenvalue weighted by Crippen LogP contribution is -2.53. The molecule has 0 aliphatic carbocycles. The molecule has 1 aromatic carbocycles. The second-order valence-corrected chi connectivity index (χ2v) is 9.32. The standard InChI is InChI=1S/C24H36BN7O6/c1-30(2)11-12-31(3)24(37)38-15-16-6-8-17(9-7-16)28-21(34)14-27-22(35)19-5-4-10-32(19)23(36)18(29-25)13-20(26)33/h6-9,18-19,29H,4-5,10-15H2,1-3H3,(H2,26,33)(H,27,35)(H,28,34). The van der Waals surface area contributed by atoms with E-state index in [4.69, 9.17) is 18.5 Å². The van der Waals surface area contributed by atoms with Gasteiger partial charge in [-0.1, -0.05) is 12.1 Å². The summed E-state index contributed by atoms with van der Waals surface area (Å²) in [5, 5.41) is 7.48. The van der Waals surface area contributed by atoms with E-state index in [0.717, 1.165) is 12.1 Å². The number of amides is 5. The number of hydrogen-bond donors (Lipinski definition) is 4. The predicted molar refractivity (Wildman–Crippen MR) is 141 cm³/mol. The second kappa shape index (κ2) is 14.9. The summed E-state index contributed by atoms with van der Waals surface area (Å²) in [6.45, 7) is 1.39. The van der Waals surface area contributed by atoms with Gasteiger partial charge in [-0.15, -0.1) is 0 Å². The molecule has 1 aromatic rings. The number of nitrogens with two attached hydrogens (primary N) is 1. The topological polar surface area (TPSA) is 166 Å². The predicted octanol–water partition coefficient (Wildman–Crippen LogP) is -1.22. The number of benzene rings is 1. The number of hydrogen-bond acceptors (Lipinski definition) is 8. The molecule has 2 atom stereocenters. The van der Waals surface area contributed by atoms with Gasteiger partial charge in [-0.2, -0.15) is 0 Å². The zero-order valence-corrected chi connectivity index (χ0v) is 22.1. The normalized spacial score (nSPS) is 15.6. The minimum absolute atomic E-state index is 0.0893. The van der Waals surface area contributed by atoms with Gasteiger partial charge in [0.05, 0.1) is 12.6 Å². The van der Waals surface area contributed by atoms with Crippen LogP contribution in [0, 0.1) is 0 Å². The third-order valence-electron chi connectivity index (χ3n) is 5.96. The lowest BCUT2D eigenvalue weighted by atomic mass is 10.1. The zero-order chi connectivity index (χ0) is 28.2. The van der Waals surface area contributed by atoms with Gasteiger partial charge in [-0.3, -0.25) is 19.2 Å². The number of carbonyl (C=O) groups excluding carboxylic acids is 5. The van der Waals surface area contributed by atoms with E-state index in [1.165, 1.54) is 9.80 Å². The maximum atomic E-state index is 12.7. The van der Waals surface area contributed by atoms with Gasteiger partial charge < -0.3 is 41.0 Å². The molecule has 1 aliphatic heterocycles. The van der Waals surface area contributed by atoms with Crippen LogP contribution in [0.3, 0.4) is 0 Å². The van der Waals surface area contributed by atoms with E-state index in [1.807, 2.05) is 19.0 Å². The van der Waals surface area contributed by atoms with E-state index in [1.54, 1.807) is 31.3 Å². The van der Waals surface area contributed by atoms with E-state index in [0.29, 0.717) is 31.6 Å². The highest BCUT2D eigenvalue weighted by Crippen LogP contribution is 2.19. The van der Waals surface area contributed by atoms with Crippen molar-refractivity contribution >= 4 is 43.4 Å². The van der Waals surface area contributed by atoms with Crippen LogP contribution < -0.4 is 21.6 Å². The quantitative estimate of drug-likeness (QED) is 0.231. The Morgan fingerprint density at radius 1 is 1.13 bits per heavy atom. The maximum absolute atomic E-state index is 12.7. The van der Waals surface area contributed by atoms with Crippen molar-refractivity contribution in [1.29, 1.82) is 0 Å². The number of likely N-dealkylation sites (N-methyl/N-ethyl adjacent to an activating group) is 2. The van der Waals surface area contributed by atoms with Crippen molar-refractivity contribution in [2.75, 3.05) is 52.6 Å². The third kappa shape index (κ3) is 9.67. The fourth-order valence-electron chi connectivity index (χ4n) is 3.79. The fourth-order valence-corrected chi connectivity index (χ4v) is 3.79. The number of anilines is 1. The lowest BCUT2D eigenvalue weighted by Gasteiger charge is -2.27. The molecular weight excluding hydrogens is 493 g/mol. The summed E-state index contributed by atoms with van der Waals surface area (Å²) >= 11 is 0. The fraction of sp³-hybridized carbons (Fsp3) is 0.542. The summed E-state index contributed by atoms with van der Waals surface area (Å²) < 4.78 is 5.29. The Kier molecular flexibility index (Phi) is 12.0. The van der Waals surface area contributed by atoms with Crippen molar-refractivity contribution in [2.45, 2.75) is 38.0 Å². The van der Waals surface area contributed by atoms with Gasteiger partial charge in [0, 0.05) is 38.8 Å². The number of nitrogens with one attached hydrogen (secondary N) is 3. The first kappa shape index (κ1) is 30.6. The van der Waals surface area contributed by atoms with Gasteiger partial charge in [0.1, 0.15) is 12.6 Å². The summed E-state index contributed by atoms with van der Waals surface area (Å²) in [6, 6.07) is 4.96. The highest BCUT2D eigenvalue weighted by Gasteiger charge is 2.37. The molecule has 0 aromatic heterocycles. The number of carbonyl (C=O) groups is 5. The maximum Gasteiger partial charge on any atom is 0.409 e. The SMILES string of the molecule is [B]NC(CC(N)=O)C(=O)N1CCCC1C(=O)NCC(=O)Nc1ccc(COC(=O)N(C)CCN(C)C)cc1. The molecule has 5 amide bonds. The number of nitrogens with zero attached hydrogens (tertiary/aromatic N) is 3. The first-order valence-electron chi connectivity index (χ1n) is 12.3. The first-order chi connectivity index (χ1) is 18.0. The van der Waals surface area contributed by atoms with Gasteiger partial charge in [-0.25, -0.2) is 4.79 Å². The molecule has 13 nitrogen and oxygen atoms in total. The molecule has 5 N–H and O–H groups in total.